The third-order valence-electron chi connectivity index (χ3n) is 2.55. The Bertz CT molecular complexity index is 549. The second-order valence-electron chi connectivity index (χ2n) is 3.90. The predicted molar refractivity (Wildman–Crippen MR) is 71.1 cm³/mol. The van der Waals surface area contributed by atoms with Crippen LogP contribution in [0.2, 0.25) is 0 Å². The lowest BCUT2D eigenvalue weighted by Gasteiger charge is -2.09. The molecule has 1 aromatic carbocycles. The van der Waals surface area contributed by atoms with Crippen molar-refractivity contribution in [3.8, 4) is 11.1 Å². The van der Waals surface area contributed by atoms with Crippen molar-refractivity contribution < 1.29 is 13.2 Å². The van der Waals surface area contributed by atoms with Crippen molar-refractivity contribution in [2.75, 3.05) is 5.75 Å². The Labute approximate surface area is 113 Å². The molecule has 0 fully saturated rings. The second kappa shape index (κ2) is 5.65. The molecule has 0 radical (unpaired) electrons. The average Bonchev–Trinajstić information content (AvgIpc) is 2.39. The summed E-state index contributed by atoms with van der Waals surface area (Å²) in [5.74, 6) is 0.913. The van der Waals surface area contributed by atoms with Crippen molar-refractivity contribution in [3.63, 3.8) is 0 Å². The van der Waals surface area contributed by atoms with Gasteiger partial charge in [-0.1, -0.05) is 25.1 Å². The molecule has 19 heavy (non-hydrogen) atoms. The normalized spacial score (nSPS) is 11.6. The van der Waals surface area contributed by atoms with Crippen molar-refractivity contribution in [2.45, 2.75) is 18.1 Å². The fourth-order valence-corrected chi connectivity index (χ4v) is 2.25. The van der Waals surface area contributed by atoms with E-state index in [1.807, 2.05) is 13.0 Å². The highest BCUT2D eigenvalue weighted by atomic mass is 32.2. The first kappa shape index (κ1) is 13.9. The van der Waals surface area contributed by atoms with Gasteiger partial charge in [0.05, 0.1) is 10.6 Å². The molecule has 0 unspecified atom stereocenters. The first-order chi connectivity index (χ1) is 9.00. The summed E-state index contributed by atoms with van der Waals surface area (Å²) in [4.78, 5) is 4.22. The molecule has 1 heterocycles. The maximum atomic E-state index is 12.6. The standard InChI is InChI=1S/C14H12F3NS/c1-2-19-13-7-6-11(9-18-13)10-4-3-5-12(8-10)14(15,16)17/h3-9H,2H2,1H3. The number of hydrogen-bond donors (Lipinski definition) is 0. The predicted octanol–water partition coefficient (Wildman–Crippen LogP) is 4.88. The van der Waals surface area contributed by atoms with Crippen molar-refractivity contribution in [3.05, 3.63) is 48.2 Å². The second-order valence-corrected chi connectivity index (χ2v) is 5.18. The van der Waals surface area contributed by atoms with Crippen LogP contribution in [-0.4, -0.2) is 10.7 Å². The summed E-state index contributed by atoms with van der Waals surface area (Å²) in [5, 5.41) is 0.873. The van der Waals surface area contributed by atoms with Crippen molar-refractivity contribution >= 4 is 11.8 Å². The van der Waals surface area contributed by atoms with Gasteiger partial charge in [0.1, 0.15) is 0 Å². The molecular weight excluding hydrogens is 271 g/mol. The van der Waals surface area contributed by atoms with E-state index in [1.165, 1.54) is 6.07 Å². The van der Waals surface area contributed by atoms with Crippen LogP contribution in [0.15, 0.2) is 47.6 Å². The molecule has 2 rings (SSSR count). The van der Waals surface area contributed by atoms with Gasteiger partial charge in [0.15, 0.2) is 0 Å². The molecule has 1 nitrogen and oxygen atoms in total. The van der Waals surface area contributed by atoms with E-state index in [-0.39, 0.29) is 0 Å². The van der Waals surface area contributed by atoms with Crippen LogP contribution in [0.3, 0.4) is 0 Å². The molecule has 100 valence electrons. The Morgan fingerprint density at radius 3 is 2.47 bits per heavy atom. The lowest BCUT2D eigenvalue weighted by Crippen LogP contribution is -2.04. The van der Waals surface area contributed by atoms with Crippen LogP contribution in [-0.2, 0) is 6.18 Å². The molecule has 0 aliphatic carbocycles. The number of nitrogens with zero attached hydrogens (tertiary/aromatic N) is 1. The molecule has 1 aromatic heterocycles. The topological polar surface area (TPSA) is 12.9 Å². The van der Waals surface area contributed by atoms with Crippen LogP contribution in [0.25, 0.3) is 11.1 Å². The summed E-state index contributed by atoms with van der Waals surface area (Å²) in [6.07, 6.45) is -2.71. The molecule has 0 aliphatic rings. The Balaban J connectivity index is 2.31. The fourth-order valence-electron chi connectivity index (χ4n) is 1.66. The number of thioether (sulfide) groups is 1. The van der Waals surface area contributed by atoms with Gasteiger partial charge in [-0.2, -0.15) is 13.2 Å². The number of pyridine rings is 1. The Hall–Kier alpha value is -1.49. The molecule has 0 aliphatic heterocycles. The van der Waals surface area contributed by atoms with Crippen LogP contribution in [0.1, 0.15) is 12.5 Å². The number of hydrogen-bond acceptors (Lipinski definition) is 2. The number of halogens is 3. The zero-order valence-corrected chi connectivity index (χ0v) is 11.1. The number of alkyl halides is 3. The van der Waals surface area contributed by atoms with E-state index in [4.69, 9.17) is 0 Å². The zero-order chi connectivity index (χ0) is 13.9. The third kappa shape index (κ3) is 3.50. The van der Waals surface area contributed by atoms with Gasteiger partial charge in [-0.15, -0.1) is 11.8 Å². The monoisotopic (exact) mass is 283 g/mol. The molecule has 0 atom stereocenters. The summed E-state index contributed by atoms with van der Waals surface area (Å²) < 4.78 is 37.9. The molecule has 2 aromatic rings. The summed E-state index contributed by atoms with van der Waals surface area (Å²) in [6, 6.07) is 8.89. The van der Waals surface area contributed by atoms with Gasteiger partial charge in [0, 0.05) is 11.8 Å². The third-order valence-corrected chi connectivity index (χ3v) is 3.38. The van der Waals surface area contributed by atoms with E-state index < -0.39 is 11.7 Å². The SMILES string of the molecule is CCSc1ccc(-c2cccc(C(F)(F)F)c2)cn1. The largest absolute Gasteiger partial charge is 0.416 e. The van der Waals surface area contributed by atoms with E-state index in [9.17, 15) is 13.2 Å². The first-order valence-electron chi connectivity index (χ1n) is 5.77. The summed E-state index contributed by atoms with van der Waals surface area (Å²) in [6.45, 7) is 2.02. The molecular formula is C14H12F3NS. The number of aromatic nitrogens is 1. The molecule has 5 heteroatoms. The van der Waals surface area contributed by atoms with E-state index >= 15 is 0 Å². The Morgan fingerprint density at radius 2 is 1.89 bits per heavy atom. The van der Waals surface area contributed by atoms with E-state index in [1.54, 1.807) is 30.1 Å². The lowest BCUT2D eigenvalue weighted by molar-refractivity contribution is -0.137. The molecule has 0 N–H and O–H groups in total. The molecule has 0 saturated carbocycles. The highest BCUT2D eigenvalue weighted by molar-refractivity contribution is 7.99. The highest BCUT2D eigenvalue weighted by Gasteiger charge is 2.30. The van der Waals surface area contributed by atoms with Crippen LogP contribution < -0.4 is 0 Å². The molecule has 0 amide bonds. The molecule has 0 saturated heterocycles. The van der Waals surface area contributed by atoms with Gasteiger partial charge in [-0.3, -0.25) is 0 Å². The van der Waals surface area contributed by atoms with Gasteiger partial charge >= 0.3 is 6.18 Å². The zero-order valence-electron chi connectivity index (χ0n) is 10.2. The van der Waals surface area contributed by atoms with Crippen LogP contribution >= 0.6 is 11.8 Å². The Morgan fingerprint density at radius 1 is 1.11 bits per heavy atom. The van der Waals surface area contributed by atoms with Crippen LogP contribution in [0, 0.1) is 0 Å². The van der Waals surface area contributed by atoms with Crippen molar-refractivity contribution in [2.24, 2.45) is 0 Å². The lowest BCUT2D eigenvalue weighted by atomic mass is 10.0. The van der Waals surface area contributed by atoms with Crippen molar-refractivity contribution in [1.29, 1.82) is 0 Å². The smallest absolute Gasteiger partial charge is 0.249 e. The summed E-state index contributed by atoms with van der Waals surface area (Å²) in [5.41, 5.74) is 0.568. The quantitative estimate of drug-likeness (QED) is 0.745. The van der Waals surface area contributed by atoms with Crippen LogP contribution in [0.5, 0.6) is 0 Å². The fraction of sp³-hybridized carbons (Fsp3) is 0.214. The number of rotatable bonds is 3. The first-order valence-corrected chi connectivity index (χ1v) is 6.75. The van der Waals surface area contributed by atoms with Gasteiger partial charge in [0.2, 0.25) is 0 Å². The molecule has 0 bridgehead atoms. The van der Waals surface area contributed by atoms with Crippen molar-refractivity contribution in [1.82, 2.24) is 4.98 Å². The van der Waals surface area contributed by atoms with E-state index in [0.717, 1.165) is 22.9 Å². The maximum absolute atomic E-state index is 12.6. The average molecular weight is 283 g/mol. The van der Waals surface area contributed by atoms with E-state index in [0.29, 0.717) is 11.1 Å². The van der Waals surface area contributed by atoms with E-state index in [2.05, 4.69) is 4.98 Å². The van der Waals surface area contributed by atoms with Gasteiger partial charge in [-0.25, -0.2) is 4.98 Å². The minimum Gasteiger partial charge on any atom is -0.249 e. The maximum Gasteiger partial charge on any atom is 0.416 e. The molecule has 0 spiro atoms. The van der Waals surface area contributed by atoms with Gasteiger partial charge in [-0.05, 0) is 29.5 Å². The van der Waals surface area contributed by atoms with Gasteiger partial charge < -0.3 is 0 Å². The van der Waals surface area contributed by atoms with Gasteiger partial charge in [0.25, 0.3) is 0 Å². The Kier molecular flexibility index (Phi) is 4.14. The minimum absolute atomic E-state index is 0.523. The minimum atomic E-state index is -4.32. The highest BCUT2D eigenvalue weighted by Crippen LogP contribution is 2.32. The van der Waals surface area contributed by atoms with Crippen LogP contribution in [0.4, 0.5) is 13.2 Å². The summed E-state index contributed by atoms with van der Waals surface area (Å²) >= 11 is 1.60. The summed E-state index contributed by atoms with van der Waals surface area (Å²) in [7, 11) is 0. The number of benzene rings is 1.